The van der Waals surface area contributed by atoms with Crippen molar-refractivity contribution in [1.29, 1.82) is 0 Å². The van der Waals surface area contributed by atoms with E-state index in [-0.39, 0.29) is 48.2 Å². The van der Waals surface area contributed by atoms with E-state index >= 15 is 0 Å². The van der Waals surface area contributed by atoms with Crippen LogP contribution in [-0.4, -0.2) is 65.5 Å². The molecule has 1 aliphatic rings. The fourth-order valence-corrected chi connectivity index (χ4v) is 2.47. The first-order chi connectivity index (χ1) is 8.84. The van der Waals surface area contributed by atoms with E-state index in [1.807, 2.05) is 0 Å². The van der Waals surface area contributed by atoms with Crippen LogP contribution in [0.5, 0.6) is 0 Å². The molecule has 0 bridgehead atoms. The van der Waals surface area contributed by atoms with Gasteiger partial charge in [0.2, 0.25) is 10.4 Å². The summed E-state index contributed by atoms with van der Waals surface area (Å²) < 4.78 is 56.9. The zero-order valence-corrected chi connectivity index (χ0v) is 15.1. The molecular weight excluding hydrogens is 303 g/mol. The third-order valence-electron chi connectivity index (χ3n) is 3.16. The van der Waals surface area contributed by atoms with Crippen molar-refractivity contribution >= 4 is 10.4 Å². The van der Waals surface area contributed by atoms with Gasteiger partial charge in [0.1, 0.15) is 6.10 Å². The normalized spacial score (nSPS) is 34.5. The van der Waals surface area contributed by atoms with Crippen LogP contribution in [0.4, 0.5) is 0 Å². The van der Waals surface area contributed by atoms with Crippen molar-refractivity contribution in [2.75, 3.05) is 27.9 Å². The predicted molar refractivity (Wildman–Crippen MR) is 62.1 cm³/mol. The molecule has 0 N–H and O–H groups in total. The van der Waals surface area contributed by atoms with Crippen LogP contribution in [0.25, 0.3) is 0 Å². The maximum atomic E-state index is 10.5. The van der Waals surface area contributed by atoms with Crippen LogP contribution < -0.4 is 29.6 Å². The minimum absolute atomic E-state index is 0. The minimum Gasteiger partial charge on any atom is -0.726 e. The van der Waals surface area contributed by atoms with Crippen molar-refractivity contribution in [3.63, 3.8) is 0 Å². The molecule has 0 saturated carbocycles. The molecule has 1 fully saturated rings. The van der Waals surface area contributed by atoms with Gasteiger partial charge in [0, 0.05) is 27.2 Å². The van der Waals surface area contributed by atoms with Crippen molar-refractivity contribution in [1.82, 2.24) is 0 Å². The first kappa shape index (κ1) is 20.7. The average molecular weight is 322 g/mol. The standard InChI is InChI=1S/C10H20O8S.Na/c1-6-7(5-17-19(11,12)13)18-10(16-4)9(15-3)8(6)14-2;/h6-10H,5H2,1-4H3,(H,11,12,13);/q;+1/p-1. The van der Waals surface area contributed by atoms with E-state index in [1.165, 1.54) is 21.3 Å². The van der Waals surface area contributed by atoms with Gasteiger partial charge in [0.25, 0.3) is 0 Å². The average Bonchev–Trinajstić information content (AvgIpc) is 2.35. The Morgan fingerprint density at radius 1 is 1.10 bits per heavy atom. The summed E-state index contributed by atoms with van der Waals surface area (Å²) >= 11 is 0. The molecule has 0 aromatic carbocycles. The van der Waals surface area contributed by atoms with E-state index in [2.05, 4.69) is 4.18 Å². The maximum absolute atomic E-state index is 10.5. The molecule has 1 aliphatic heterocycles. The zero-order chi connectivity index (χ0) is 14.6. The van der Waals surface area contributed by atoms with Crippen LogP contribution in [0.1, 0.15) is 6.92 Å². The van der Waals surface area contributed by atoms with Crippen LogP contribution in [-0.2, 0) is 33.5 Å². The van der Waals surface area contributed by atoms with E-state index in [9.17, 15) is 13.0 Å². The summed E-state index contributed by atoms with van der Waals surface area (Å²) in [6.45, 7) is 1.40. The quantitative estimate of drug-likeness (QED) is 0.282. The van der Waals surface area contributed by atoms with Gasteiger partial charge in [-0.1, -0.05) is 6.92 Å². The maximum Gasteiger partial charge on any atom is 1.00 e. The molecule has 1 heterocycles. The van der Waals surface area contributed by atoms with E-state index < -0.39 is 28.9 Å². The first-order valence-corrected chi connectivity index (χ1v) is 7.01. The Kier molecular flexibility index (Phi) is 9.30. The second-order valence-corrected chi connectivity index (χ2v) is 5.28. The molecule has 20 heavy (non-hydrogen) atoms. The Morgan fingerprint density at radius 3 is 2.05 bits per heavy atom. The van der Waals surface area contributed by atoms with Crippen LogP contribution in [0.3, 0.4) is 0 Å². The summed E-state index contributed by atoms with van der Waals surface area (Å²) in [5, 5.41) is 0. The number of rotatable bonds is 6. The first-order valence-electron chi connectivity index (χ1n) is 5.68. The molecule has 114 valence electrons. The van der Waals surface area contributed by atoms with Crippen molar-refractivity contribution in [3.05, 3.63) is 0 Å². The van der Waals surface area contributed by atoms with Crippen LogP contribution in [0.15, 0.2) is 0 Å². The van der Waals surface area contributed by atoms with Crippen molar-refractivity contribution in [2.45, 2.75) is 31.5 Å². The number of hydrogen-bond acceptors (Lipinski definition) is 8. The van der Waals surface area contributed by atoms with E-state index in [0.717, 1.165) is 0 Å². The molecular formula is C10H19NaO8S. The molecule has 8 nitrogen and oxygen atoms in total. The smallest absolute Gasteiger partial charge is 0.726 e. The largest absolute Gasteiger partial charge is 1.00 e. The zero-order valence-electron chi connectivity index (χ0n) is 12.3. The van der Waals surface area contributed by atoms with Gasteiger partial charge in [0.05, 0.1) is 18.8 Å². The fraction of sp³-hybridized carbons (Fsp3) is 1.00. The molecule has 0 aromatic heterocycles. The summed E-state index contributed by atoms with van der Waals surface area (Å²) in [6, 6.07) is 0. The van der Waals surface area contributed by atoms with Crippen molar-refractivity contribution in [2.24, 2.45) is 5.92 Å². The molecule has 0 radical (unpaired) electrons. The number of ether oxygens (including phenoxy) is 4. The van der Waals surface area contributed by atoms with Crippen LogP contribution in [0, 0.1) is 5.92 Å². The summed E-state index contributed by atoms with van der Waals surface area (Å²) in [5.41, 5.74) is 0. The SMILES string of the molecule is COC1OC(COS(=O)(=O)[O-])C(C)C(OC)C1OC.[Na+]. The number of methoxy groups -OCH3 is 3. The molecule has 0 aromatic rings. The van der Waals surface area contributed by atoms with Crippen LogP contribution in [0.2, 0.25) is 0 Å². The van der Waals surface area contributed by atoms with Crippen molar-refractivity contribution in [3.8, 4) is 0 Å². The molecule has 10 heteroatoms. The Morgan fingerprint density at radius 2 is 1.65 bits per heavy atom. The van der Waals surface area contributed by atoms with Gasteiger partial charge in [0.15, 0.2) is 6.29 Å². The Bertz CT molecular complexity index is 375. The van der Waals surface area contributed by atoms with Gasteiger partial charge in [-0.2, -0.15) is 0 Å². The van der Waals surface area contributed by atoms with Gasteiger partial charge in [-0.3, -0.25) is 4.18 Å². The molecule has 0 spiro atoms. The van der Waals surface area contributed by atoms with Gasteiger partial charge in [-0.15, -0.1) is 0 Å². The Balaban J connectivity index is 0.00000361. The minimum atomic E-state index is -4.76. The van der Waals surface area contributed by atoms with Crippen molar-refractivity contribution < 1.29 is 65.7 Å². The molecule has 1 saturated heterocycles. The van der Waals surface area contributed by atoms with Gasteiger partial charge in [-0.25, -0.2) is 8.42 Å². The Hall–Kier alpha value is 0.710. The van der Waals surface area contributed by atoms with E-state index in [0.29, 0.717) is 0 Å². The summed E-state index contributed by atoms with van der Waals surface area (Å²) in [5.74, 6) is -0.233. The van der Waals surface area contributed by atoms with E-state index in [1.54, 1.807) is 6.92 Å². The molecule has 0 aliphatic carbocycles. The van der Waals surface area contributed by atoms with Crippen LogP contribution >= 0.6 is 0 Å². The third kappa shape index (κ3) is 5.48. The molecule has 1 rings (SSSR count). The van der Waals surface area contributed by atoms with Gasteiger partial charge < -0.3 is 23.5 Å². The second kappa shape index (κ2) is 8.99. The predicted octanol–water partition coefficient (Wildman–Crippen LogP) is -3.50. The topological polar surface area (TPSA) is 103 Å². The second-order valence-electron chi connectivity index (χ2n) is 4.23. The monoisotopic (exact) mass is 322 g/mol. The summed E-state index contributed by atoms with van der Waals surface area (Å²) in [6.07, 6.45) is -2.20. The number of hydrogen-bond donors (Lipinski definition) is 0. The Labute approximate surface area is 141 Å². The van der Waals surface area contributed by atoms with Gasteiger partial charge in [-0.05, 0) is 0 Å². The third-order valence-corrected chi connectivity index (χ3v) is 3.58. The molecule has 5 unspecified atom stereocenters. The fourth-order valence-electron chi connectivity index (χ4n) is 2.16. The van der Waals surface area contributed by atoms with Gasteiger partial charge >= 0.3 is 29.6 Å². The van der Waals surface area contributed by atoms with E-state index in [4.69, 9.17) is 18.9 Å². The summed E-state index contributed by atoms with van der Waals surface area (Å²) in [7, 11) is -0.320. The molecule has 5 atom stereocenters. The molecule has 0 amide bonds. The summed E-state index contributed by atoms with van der Waals surface area (Å²) in [4.78, 5) is 0.